The van der Waals surface area contributed by atoms with Gasteiger partial charge in [0.15, 0.2) is 0 Å². The third kappa shape index (κ3) is 4.62. The highest BCUT2D eigenvalue weighted by atomic mass is 19.4. The molecular weight excluding hydrogens is 349 g/mol. The molecule has 0 aliphatic carbocycles. The zero-order valence-corrected chi connectivity index (χ0v) is 14.5. The summed E-state index contributed by atoms with van der Waals surface area (Å²) in [4.78, 5) is 25.8. The summed E-state index contributed by atoms with van der Waals surface area (Å²) in [7, 11) is 3.49. The summed E-state index contributed by atoms with van der Waals surface area (Å²) in [6.07, 6.45) is -3.09. The molecule has 140 valence electrons. The second-order valence-corrected chi connectivity index (χ2v) is 5.98. The van der Waals surface area contributed by atoms with Crippen molar-refractivity contribution in [1.82, 2.24) is 15.1 Å². The van der Waals surface area contributed by atoms with Crippen LogP contribution < -0.4 is 15.8 Å². The maximum absolute atomic E-state index is 13.1. The molecule has 1 N–H and O–H groups in total. The van der Waals surface area contributed by atoms with Gasteiger partial charge in [0.1, 0.15) is 6.54 Å². The van der Waals surface area contributed by atoms with Crippen molar-refractivity contribution in [3.8, 4) is 0 Å². The van der Waals surface area contributed by atoms with Crippen molar-refractivity contribution < 1.29 is 18.0 Å². The Kier molecular flexibility index (Phi) is 5.69. The van der Waals surface area contributed by atoms with Gasteiger partial charge in [0.05, 0.1) is 23.5 Å². The molecule has 1 aromatic heterocycles. The average molecular weight is 368 g/mol. The van der Waals surface area contributed by atoms with Crippen molar-refractivity contribution in [3.05, 3.63) is 58.0 Å². The van der Waals surface area contributed by atoms with Gasteiger partial charge in [0.2, 0.25) is 5.91 Å². The molecule has 26 heavy (non-hydrogen) atoms. The number of hydrogen-bond acceptors (Lipinski definition) is 4. The van der Waals surface area contributed by atoms with Crippen LogP contribution in [-0.4, -0.2) is 29.8 Å². The number of benzene rings is 1. The number of halogens is 3. The lowest BCUT2D eigenvalue weighted by Gasteiger charge is -2.19. The summed E-state index contributed by atoms with van der Waals surface area (Å²) in [6.45, 7) is 1.07. The molecule has 9 heteroatoms. The number of anilines is 1. The topological polar surface area (TPSA) is 67.2 Å². The van der Waals surface area contributed by atoms with Crippen molar-refractivity contribution in [2.75, 3.05) is 19.0 Å². The van der Waals surface area contributed by atoms with E-state index in [0.29, 0.717) is 5.69 Å². The van der Waals surface area contributed by atoms with Gasteiger partial charge in [-0.25, -0.2) is 4.68 Å². The minimum absolute atomic E-state index is 0.0448. The first-order chi connectivity index (χ1) is 12.1. The van der Waals surface area contributed by atoms with Crippen LogP contribution in [-0.2, 0) is 17.5 Å². The molecule has 0 aliphatic heterocycles. The molecule has 1 unspecified atom stereocenters. The molecule has 2 rings (SSSR count). The van der Waals surface area contributed by atoms with Gasteiger partial charge in [-0.15, -0.1) is 0 Å². The van der Waals surface area contributed by atoms with Gasteiger partial charge in [0, 0.05) is 20.2 Å². The summed E-state index contributed by atoms with van der Waals surface area (Å²) in [5, 5.41) is 6.37. The number of amides is 1. The molecule has 0 fully saturated rings. The number of aromatic nitrogens is 2. The molecule has 0 radical (unpaired) electrons. The first kappa shape index (κ1) is 19.5. The highest BCUT2D eigenvalue weighted by Gasteiger charge is 2.34. The Hall–Kier alpha value is -2.84. The summed E-state index contributed by atoms with van der Waals surface area (Å²) in [5.74, 6) is -0.610. The Bertz CT molecular complexity index is 846. The van der Waals surface area contributed by atoms with Crippen LogP contribution in [0.25, 0.3) is 0 Å². The van der Waals surface area contributed by atoms with Gasteiger partial charge in [-0.2, -0.15) is 18.3 Å². The highest BCUT2D eigenvalue weighted by molar-refractivity contribution is 5.76. The Morgan fingerprint density at radius 3 is 2.54 bits per heavy atom. The number of carbonyl (C=O) groups is 1. The predicted octanol–water partition coefficient (Wildman–Crippen LogP) is 2.21. The minimum atomic E-state index is -4.52. The second kappa shape index (κ2) is 7.59. The smallest absolute Gasteiger partial charge is 0.376 e. The van der Waals surface area contributed by atoms with E-state index in [-0.39, 0.29) is 12.1 Å². The van der Waals surface area contributed by atoms with Gasteiger partial charge >= 0.3 is 6.18 Å². The van der Waals surface area contributed by atoms with E-state index in [9.17, 15) is 22.8 Å². The minimum Gasteiger partial charge on any atom is -0.376 e. The maximum Gasteiger partial charge on any atom is 0.416 e. The molecule has 0 aliphatic rings. The molecule has 0 saturated carbocycles. The van der Waals surface area contributed by atoms with E-state index in [1.54, 1.807) is 19.0 Å². The van der Waals surface area contributed by atoms with Gasteiger partial charge in [0.25, 0.3) is 5.56 Å². The van der Waals surface area contributed by atoms with Crippen LogP contribution in [0.4, 0.5) is 18.9 Å². The molecule has 0 spiro atoms. The Labute approximate surface area is 148 Å². The standard InChI is InChI=1S/C17H19F3N4O2/c1-11(13-6-4-5-7-14(13)17(18,19)20)22-15(25)10-24-16(26)8-12(9-21-24)23(2)3/h4-9,11H,10H2,1-3H3,(H,22,25). The van der Waals surface area contributed by atoms with Crippen LogP contribution >= 0.6 is 0 Å². The van der Waals surface area contributed by atoms with E-state index in [4.69, 9.17) is 0 Å². The Morgan fingerprint density at radius 2 is 1.96 bits per heavy atom. The Balaban J connectivity index is 2.13. The quantitative estimate of drug-likeness (QED) is 0.879. The molecule has 0 bridgehead atoms. The van der Waals surface area contributed by atoms with Gasteiger partial charge < -0.3 is 10.2 Å². The van der Waals surface area contributed by atoms with Crippen LogP contribution in [0, 0.1) is 0 Å². The Morgan fingerprint density at radius 1 is 1.31 bits per heavy atom. The first-order valence-electron chi connectivity index (χ1n) is 7.79. The molecule has 2 aromatic rings. The monoisotopic (exact) mass is 368 g/mol. The molecule has 1 aromatic carbocycles. The summed E-state index contributed by atoms with van der Waals surface area (Å²) in [5.41, 5.74) is -0.746. The van der Waals surface area contributed by atoms with Crippen LogP contribution in [0.3, 0.4) is 0 Å². The fraction of sp³-hybridized carbons (Fsp3) is 0.353. The van der Waals surface area contributed by atoms with E-state index < -0.39 is 29.2 Å². The summed E-state index contributed by atoms with van der Waals surface area (Å²) < 4.78 is 40.2. The zero-order valence-electron chi connectivity index (χ0n) is 14.5. The molecule has 1 heterocycles. The lowest BCUT2D eigenvalue weighted by molar-refractivity contribution is -0.138. The third-order valence-corrected chi connectivity index (χ3v) is 3.78. The third-order valence-electron chi connectivity index (χ3n) is 3.78. The summed E-state index contributed by atoms with van der Waals surface area (Å²) >= 11 is 0. The van der Waals surface area contributed by atoms with E-state index in [2.05, 4.69) is 10.4 Å². The van der Waals surface area contributed by atoms with Crippen molar-refractivity contribution >= 4 is 11.6 Å². The second-order valence-electron chi connectivity index (χ2n) is 5.98. The van der Waals surface area contributed by atoms with Crippen molar-refractivity contribution in [1.29, 1.82) is 0 Å². The average Bonchev–Trinajstić information content (AvgIpc) is 2.55. The van der Waals surface area contributed by atoms with Crippen LogP contribution in [0.1, 0.15) is 24.1 Å². The highest BCUT2D eigenvalue weighted by Crippen LogP contribution is 2.34. The van der Waals surface area contributed by atoms with Crippen LogP contribution in [0.15, 0.2) is 41.3 Å². The van der Waals surface area contributed by atoms with Gasteiger partial charge in [-0.05, 0) is 18.6 Å². The molecular formula is C17H19F3N4O2. The van der Waals surface area contributed by atoms with Gasteiger partial charge in [-0.1, -0.05) is 18.2 Å². The van der Waals surface area contributed by atoms with E-state index >= 15 is 0 Å². The van der Waals surface area contributed by atoms with E-state index in [0.717, 1.165) is 10.7 Å². The number of alkyl halides is 3. The SMILES string of the molecule is CC(NC(=O)Cn1ncc(N(C)C)cc1=O)c1ccccc1C(F)(F)F. The number of rotatable bonds is 5. The maximum atomic E-state index is 13.1. The predicted molar refractivity (Wildman–Crippen MR) is 90.8 cm³/mol. The van der Waals surface area contributed by atoms with Crippen LogP contribution in [0.2, 0.25) is 0 Å². The van der Waals surface area contributed by atoms with Crippen molar-refractivity contribution in [2.45, 2.75) is 25.7 Å². The number of hydrogen-bond donors (Lipinski definition) is 1. The van der Waals surface area contributed by atoms with E-state index in [1.165, 1.54) is 37.4 Å². The zero-order chi connectivity index (χ0) is 19.5. The number of nitrogens with one attached hydrogen (secondary N) is 1. The van der Waals surface area contributed by atoms with E-state index in [1.807, 2.05) is 0 Å². The number of carbonyl (C=O) groups excluding carboxylic acids is 1. The first-order valence-corrected chi connectivity index (χ1v) is 7.79. The largest absolute Gasteiger partial charge is 0.416 e. The van der Waals surface area contributed by atoms with Crippen LogP contribution in [0.5, 0.6) is 0 Å². The van der Waals surface area contributed by atoms with Crippen molar-refractivity contribution in [3.63, 3.8) is 0 Å². The lowest BCUT2D eigenvalue weighted by atomic mass is 10.0. The molecule has 1 amide bonds. The molecule has 6 nitrogen and oxygen atoms in total. The fourth-order valence-corrected chi connectivity index (χ4v) is 2.42. The number of nitrogens with zero attached hydrogens (tertiary/aromatic N) is 3. The molecule has 1 atom stereocenters. The molecule has 0 saturated heterocycles. The summed E-state index contributed by atoms with van der Waals surface area (Å²) in [6, 6.07) is 5.48. The van der Waals surface area contributed by atoms with Crippen molar-refractivity contribution in [2.24, 2.45) is 0 Å². The lowest BCUT2D eigenvalue weighted by Crippen LogP contribution is -2.35. The normalized spacial score (nSPS) is 12.5. The van der Waals surface area contributed by atoms with Gasteiger partial charge in [-0.3, -0.25) is 9.59 Å². The fourth-order valence-electron chi connectivity index (χ4n) is 2.42.